The summed E-state index contributed by atoms with van der Waals surface area (Å²) in [4.78, 5) is 18.6. The maximum atomic E-state index is 12.1. The van der Waals surface area contributed by atoms with E-state index in [0.29, 0.717) is 12.5 Å². The van der Waals surface area contributed by atoms with E-state index < -0.39 is 0 Å². The molecule has 7 nitrogen and oxygen atoms in total. The predicted molar refractivity (Wildman–Crippen MR) is 110 cm³/mol. The molecule has 0 spiro atoms. The topological polar surface area (TPSA) is 75.2 Å². The Morgan fingerprint density at radius 2 is 1.96 bits per heavy atom. The van der Waals surface area contributed by atoms with Gasteiger partial charge in [0.1, 0.15) is 17.6 Å². The number of carbonyl (C=O) groups excluding carboxylic acids is 1. The Kier molecular flexibility index (Phi) is 8.91. The van der Waals surface area contributed by atoms with Crippen LogP contribution in [0.4, 0.5) is 0 Å². The zero-order valence-corrected chi connectivity index (χ0v) is 17.6. The van der Waals surface area contributed by atoms with Crippen molar-refractivity contribution in [3.8, 4) is 11.5 Å². The van der Waals surface area contributed by atoms with Gasteiger partial charge in [0.2, 0.25) is 5.91 Å². The fourth-order valence-corrected chi connectivity index (χ4v) is 2.38. The molecule has 0 aliphatic rings. The normalized spacial score (nSPS) is 12.9. The number of nitrogens with zero attached hydrogens (tertiary/aromatic N) is 2. The average molecular weight is 379 g/mol. The molecule has 0 aliphatic carbocycles. The molecular weight excluding hydrogens is 344 g/mol. The Hall–Kier alpha value is -2.44. The predicted octanol–water partition coefficient (Wildman–Crippen LogP) is 2.27. The minimum atomic E-state index is -0.257. The summed E-state index contributed by atoms with van der Waals surface area (Å²) in [6, 6.07) is 7.48. The highest BCUT2D eigenvalue weighted by atomic mass is 16.5. The van der Waals surface area contributed by atoms with Gasteiger partial charge < -0.3 is 25.0 Å². The molecule has 1 rings (SSSR count). The third-order valence-electron chi connectivity index (χ3n) is 3.47. The molecule has 1 aromatic rings. The summed E-state index contributed by atoms with van der Waals surface area (Å²) in [7, 11) is 3.47. The van der Waals surface area contributed by atoms with Crippen molar-refractivity contribution in [2.45, 2.75) is 46.3 Å². The highest BCUT2D eigenvalue weighted by Gasteiger charge is 2.17. The lowest BCUT2D eigenvalue weighted by atomic mass is 10.1. The standard InChI is InChI=1S/C20H34N4O3/c1-8-21-19(24(6)14-18(25)23-20(3,4)5)22-13-15(2)27-17-11-9-10-16(12-17)26-7/h9-12,15H,8,13-14H2,1-7H3,(H,21,22)(H,23,25). The Morgan fingerprint density at radius 3 is 2.56 bits per heavy atom. The number of amides is 1. The van der Waals surface area contributed by atoms with Gasteiger partial charge in [-0.1, -0.05) is 6.07 Å². The van der Waals surface area contributed by atoms with Gasteiger partial charge >= 0.3 is 0 Å². The van der Waals surface area contributed by atoms with Crippen LogP contribution in [0.5, 0.6) is 11.5 Å². The Labute approximate surface area is 163 Å². The van der Waals surface area contributed by atoms with Gasteiger partial charge in [0, 0.05) is 25.2 Å². The van der Waals surface area contributed by atoms with Crippen molar-refractivity contribution >= 4 is 11.9 Å². The van der Waals surface area contributed by atoms with E-state index in [9.17, 15) is 4.79 Å². The second-order valence-electron chi connectivity index (χ2n) is 7.46. The number of hydrogen-bond acceptors (Lipinski definition) is 4. The monoisotopic (exact) mass is 378 g/mol. The minimum Gasteiger partial charge on any atom is -0.497 e. The van der Waals surface area contributed by atoms with E-state index >= 15 is 0 Å². The molecule has 1 unspecified atom stereocenters. The van der Waals surface area contributed by atoms with Crippen LogP contribution in [0.3, 0.4) is 0 Å². The number of rotatable bonds is 8. The highest BCUT2D eigenvalue weighted by Crippen LogP contribution is 2.19. The molecule has 0 heterocycles. The lowest BCUT2D eigenvalue weighted by Crippen LogP contribution is -2.49. The number of hydrogen-bond donors (Lipinski definition) is 2. The zero-order valence-electron chi connectivity index (χ0n) is 17.6. The Bertz CT molecular complexity index is 626. The first-order valence-electron chi connectivity index (χ1n) is 9.25. The van der Waals surface area contributed by atoms with Crippen molar-refractivity contribution in [1.29, 1.82) is 0 Å². The summed E-state index contributed by atoms with van der Waals surface area (Å²) in [5, 5.41) is 6.16. The summed E-state index contributed by atoms with van der Waals surface area (Å²) < 4.78 is 11.1. The number of carbonyl (C=O) groups is 1. The molecule has 27 heavy (non-hydrogen) atoms. The van der Waals surface area contributed by atoms with Crippen molar-refractivity contribution < 1.29 is 14.3 Å². The third-order valence-corrected chi connectivity index (χ3v) is 3.47. The molecule has 0 fully saturated rings. The van der Waals surface area contributed by atoms with Crippen molar-refractivity contribution in [3.05, 3.63) is 24.3 Å². The van der Waals surface area contributed by atoms with Crippen LogP contribution in [-0.4, -0.2) is 62.2 Å². The van der Waals surface area contributed by atoms with Crippen LogP contribution < -0.4 is 20.1 Å². The number of aliphatic imine (C=N–C) groups is 1. The van der Waals surface area contributed by atoms with E-state index in [4.69, 9.17) is 9.47 Å². The van der Waals surface area contributed by atoms with E-state index in [1.54, 1.807) is 7.11 Å². The van der Waals surface area contributed by atoms with E-state index in [0.717, 1.165) is 18.0 Å². The van der Waals surface area contributed by atoms with Gasteiger partial charge in [-0.25, -0.2) is 4.99 Å². The number of nitrogens with one attached hydrogen (secondary N) is 2. The van der Waals surface area contributed by atoms with Gasteiger partial charge in [-0.05, 0) is 46.8 Å². The molecular formula is C20H34N4O3. The molecule has 0 saturated heterocycles. The van der Waals surface area contributed by atoms with Gasteiger partial charge in [0.25, 0.3) is 0 Å². The maximum absolute atomic E-state index is 12.1. The van der Waals surface area contributed by atoms with Crippen LogP contribution >= 0.6 is 0 Å². The first-order chi connectivity index (χ1) is 12.6. The number of benzene rings is 1. The first kappa shape index (κ1) is 22.6. The summed E-state index contributed by atoms with van der Waals surface area (Å²) in [6.07, 6.45) is -0.123. The fraction of sp³-hybridized carbons (Fsp3) is 0.600. The van der Waals surface area contributed by atoms with Crippen LogP contribution in [0.2, 0.25) is 0 Å². The SMILES string of the molecule is CCNC(=NCC(C)Oc1cccc(OC)c1)N(C)CC(=O)NC(C)(C)C. The molecule has 7 heteroatoms. The quantitative estimate of drug-likeness (QED) is 0.536. The van der Waals surface area contributed by atoms with Crippen molar-refractivity contribution in [3.63, 3.8) is 0 Å². The number of methoxy groups -OCH3 is 1. The van der Waals surface area contributed by atoms with Crippen LogP contribution in [0.1, 0.15) is 34.6 Å². The molecule has 152 valence electrons. The van der Waals surface area contributed by atoms with Crippen molar-refractivity contribution in [2.24, 2.45) is 4.99 Å². The van der Waals surface area contributed by atoms with Crippen LogP contribution in [0.25, 0.3) is 0 Å². The molecule has 0 aromatic heterocycles. The molecule has 1 amide bonds. The fourth-order valence-electron chi connectivity index (χ4n) is 2.38. The lowest BCUT2D eigenvalue weighted by molar-refractivity contribution is -0.122. The van der Waals surface area contributed by atoms with Gasteiger partial charge in [-0.15, -0.1) is 0 Å². The smallest absolute Gasteiger partial charge is 0.240 e. The van der Waals surface area contributed by atoms with Crippen LogP contribution in [-0.2, 0) is 4.79 Å². The van der Waals surface area contributed by atoms with E-state index in [2.05, 4.69) is 15.6 Å². The largest absolute Gasteiger partial charge is 0.497 e. The summed E-state index contributed by atoms with van der Waals surface area (Å²) in [5.41, 5.74) is -0.257. The summed E-state index contributed by atoms with van der Waals surface area (Å²) >= 11 is 0. The van der Waals surface area contributed by atoms with E-state index in [1.807, 2.05) is 70.8 Å². The average Bonchev–Trinajstić information content (AvgIpc) is 2.56. The Morgan fingerprint density at radius 1 is 1.30 bits per heavy atom. The van der Waals surface area contributed by atoms with Crippen molar-refractivity contribution in [1.82, 2.24) is 15.5 Å². The molecule has 2 N–H and O–H groups in total. The van der Waals surface area contributed by atoms with Gasteiger partial charge in [0.05, 0.1) is 20.2 Å². The maximum Gasteiger partial charge on any atom is 0.240 e. The van der Waals surface area contributed by atoms with Gasteiger partial charge in [-0.2, -0.15) is 0 Å². The second-order valence-corrected chi connectivity index (χ2v) is 7.46. The summed E-state index contributed by atoms with van der Waals surface area (Å²) in [6.45, 7) is 11.2. The van der Waals surface area contributed by atoms with Crippen LogP contribution in [0.15, 0.2) is 29.3 Å². The second kappa shape index (κ2) is 10.6. The third kappa shape index (κ3) is 9.17. The minimum absolute atomic E-state index is 0.0451. The molecule has 0 aliphatic heterocycles. The first-order valence-corrected chi connectivity index (χ1v) is 9.25. The zero-order chi connectivity index (χ0) is 20.4. The highest BCUT2D eigenvalue weighted by molar-refractivity contribution is 5.86. The van der Waals surface area contributed by atoms with Crippen molar-refractivity contribution in [2.75, 3.05) is 33.8 Å². The van der Waals surface area contributed by atoms with E-state index in [-0.39, 0.29) is 24.1 Å². The number of ether oxygens (including phenoxy) is 2. The van der Waals surface area contributed by atoms with E-state index in [1.165, 1.54) is 0 Å². The lowest BCUT2D eigenvalue weighted by Gasteiger charge is -2.25. The molecule has 0 radical (unpaired) electrons. The van der Waals surface area contributed by atoms with Gasteiger partial charge in [0.15, 0.2) is 5.96 Å². The van der Waals surface area contributed by atoms with Gasteiger partial charge in [-0.3, -0.25) is 4.79 Å². The summed E-state index contributed by atoms with van der Waals surface area (Å²) in [5.74, 6) is 2.11. The molecule has 1 aromatic carbocycles. The molecule has 0 bridgehead atoms. The molecule has 1 atom stereocenters. The van der Waals surface area contributed by atoms with Crippen LogP contribution in [0, 0.1) is 0 Å². The Balaban J connectivity index is 2.66. The number of likely N-dealkylation sites (N-methyl/N-ethyl adjacent to an activating group) is 1. The number of guanidine groups is 1. The molecule has 0 saturated carbocycles.